The van der Waals surface area contributed by atoms with Crippen LogP contribution in [0.25, 0.3) is 0 Å². The highest BCUT2D eigenvalue weighted by molar-refractivity contribution is 5.79. The van der Waals surface area contributed by atoms with E-state index in [1.807, 2.05) is 45.9 Å². The summed E-state index contributed by atoms with van der Waals surface area (Å²) >= 11 is 0. The van der Waals surface area contributed by atoms with Crippen LogP contribution in [0.1, 0.15) is 33.4 Å². The summed E-state index contributed by atoms with van der Waals surface area (Å²) in [4.78, 5) is 20.2. The third-order valence-corrected chi connectivity index (χ3v) is 2.56. The summed E-state index contributed by atoms with van der Waals surface area (Å²) in [6.45, 7) is 9.74. The van der Waals surface area contributed by atoms with Crippen molar-refractivity contribution in [1.29, 1.82) is 0 Å². The fourth-order valence-electron chi connectivity index (χ4n) is 1.65. The third-order valence-electron chi connectivity index (χ3n) is 2.56. The average molecular weight is 321 g/mol. The van der Waals surface area contributed by atoms with Gasteiger partial charge < -0.3 is 20.7 Å². The van der Waals surface area contributed by atoms with Crippen molar-refractivity contribution in [2.45, 2.75) is 39.8 Å². The van der Waals surface area contributed by atoms with Crippen molar-refractivity contribution in [3.63, 3.8) is 0 Å². The molecule has 23 heavy (non-hydrogen) atoms. The topological polar surface area (TPSA) is 87.6 Å². The van der Waals surface area contributed by atoms with E-state index in [0.29, 0.717) is 25.6 Å². The van der Waals surface area contributed by atoms with Crippen LogP contribution in [0, 0.1) is 0 Å². The molecule has 0 unspecified atom stereocenters. The molecule has 0 fully saturated rings. The number of nitrogens with one attached hydrogen (secondary N) is 3. The van der Waals surface area contributed by atoms with Crippen molar-refractivity contribution >= 4 is 12.1 Å². The minimum Gasteiger partial charge on any atom is -0.444 e. The molecule has 1 amide bonds. The molecule has 0 spiro atoms. The Kier molecular flexibility index (Phi) is 7.87. The number of amides is 1. The summed E-state index contributed by atoms with van der Waals surface area (Å²) in [5.41, 5.74) is 0.410. The van der Waals surface area contributed by atoms with Gasteiger partial charge in [0.15, 0.2) is 5.96 Å². The van der Waals surface area contributed by atoms with Crippen molar-refractivity contribution in [3.05, 3.63) is 30.1 Å². The van der Waals surface area contributed by atoms with Gasteiger partial charge in [0.25, 0.3) is 0 Å². The molecule has 1 heterocycles. The lowest BCUT2D eigenvalue weighted by molar-refractivity contribution is 0.0529. The number of hydrogen-bond donors (Lipinski definition) is 3. The smallest absolute Gasteiger partial charge is 0.407 e. The molecule has 0 atom stereocenters. The summed E-state index contributed by atoms with van der Waals surface area (Å²) < 4.78 is 5.17. The fourth-order valence-corrected chi connectivity index (χ4v) is 1.65. The quantitative estimate of drug-likeness (QED) is 0.421. The van der Waals surface area contributed by atoms with Gasteiger partial charge in [-0.1, -0.05) is 6.07 Å². The Morgan fingerprint density at radius 1 is 1.22 bits per heavy atom. The summed E-state index contributed by atoms with van der Waals surface area (Å²) in [5, 5.41) is 8.99. The van der Waals surface area contributed by atoms with E-state index < -0.39 is 11.7 Å². The summed E-state index contributed by atoms with van der Waals surface area (Å²) in [7, 11) is 0. The molecule has 7 nitrogen and oxygen atoms in total. The predicted molar refractivity (Wildman–Crippen MR) is 91.3 cm³/mol. The molecule has 1 aromatic heterocycles. The maximum atomic E-state index is 11.5. The van der Waals surface area contributed by atoms with Crippen molar-refractivity contribution in [2.75, 3.05) is 19.6 Å². The Labute approximate surface area is 137 Å². The molecule has 0 aromatic carbocycles. The lowest BCUT2D eigenvalue weighted by Crippen LogP contribution is -2.42. The van der Waals surface area contributed by atoms with Gasteiger partial charge in [-0.3, -0.25) is 4.98 Å². The molecule has 1 rings (SSSR count). The first-order valence-electron chi connectivity index (χ1n) is 7.79. The number of aromatic nitrogens is 1. The predicted octanol–water partition coefficient (Wildman–Crippen LogP) is 1.66. The van der Waals surface area contributed by atoms with Gasteiger partial charge in [0.05, 0.1) is 12.2 Å². The van der Waals surface area contributed by atoms with Crippen LogP contribution in [0.3, 0.4) is 0 Å². The molecule has 0 aliphatic carbocycles. The van der Waals surface area contributed by atoms with Gasteiger partial charge in [-0.25, -0.2) is 9.79 Å². The molecular formula is C16H27N5O2. The van der Waals surface area contributed by atoms with Gasteiger partial charge in [-0.05, 0) is 39.8 Å². The van der Waals surface area contributed by atoms with Crippen molar-refractivity contribution in [1.82, 2.24) is 20.9 Å². The Morgan fingerprint density at radius 3 is 2.57 bits per heavy atom. The Hall–Kier alpha value is -2.31. The molecule has 0 aliphatic rings. The number of nitrogens with zero attached hydrogens (tertiary/aromatic N) is 2. The van der Waals surface area contributed by atoms with Crippen LogP contribution >= 0.6 is 0 Å². The van der Waals surface area contributed by atoms with E-state index in [1.54, 1.807) is 6.20 Å². The van der Waals surface area contributed by atoms with Gasteiger partial charge in [0.1, 0.15) is 5.60 Å². The number of hydrogen-bond acceptors (Lipinski definition) is 4. The number of pyridine rings is 1. The Bertz CT molecular complexity index is 497. The molecule has 0 radical (unpaired) electrons. The molecule has 3 N–H and O–H groups in total. The summed E-state index contributed by atoms with van der Waals surface area (Å²) in [6.07, 6.45) is 1.32. The molecule has 1 aromatic rings. The number of ether oxygens (including phenoxy) is 1. The van der Waals surface area contributed by atoms with E-state index in [4.69, 9.17) is 4.74 Å². The van der Waals surface area contributed by atoms with E-state index in [0.717, 1.165) is 12.2 Å². The number of carbonyl (C=O) groups excluding carboxylic acids is 1. The van der Waals surface area contributed by atoms with Crippen LogP contribution in [0.2, 0.25) is 0 Å². The standard InChI is InChI=1S/C16H27N5O2/c1-5-17-14(21-12-13-8-6-7-9-18-13)19-10-11-20-15(22)23-16(2,3)4/h6-9H,5,10-12H2,1-4H3,(H,20,22)(H2,17,19,21). The van der Waals surface area contributed by atoms with Crippen molar-refractivity contribution in [3.8, 4) is 0 Å². The lowest BCUT2D eigenvalue weighted by Gasteiger charge is -2.19. The number of guanidine groups is 1. The zero-order chi connectivity index (χ0) is 17.1. The van der Waals surface area contributed by atoms with E-state index in [1.165, 1.54) is 0 Å². The van der Waals surface area contributed by atoms with Crippen molar-refractivity contribution < 1.29 is 9.53 Å². The Morgan fingerprint density at radius 2 is 1.96 bits per heavy atom. The number of alkyl carbamates (subject to hydrolysis) is 1. The SMILES string of the molecule is CCNC(=NCc1ccccn1)NCCNC(=O)OC(C)(C)C. The van der Waals surface area contributed by atoms with Crippen molar-refractivity contribution in [2.24, 2.45) is 4.99 Å². The largest absolute Gasteiger partial charge is 0.444 e. The third kappa shape index (κ3) is 9.34. The van der Waals surface area contributed by atoms with Gasteiger partial charge >= 0.3 is 6.09 Å². The molecule has 128 valence electrons. The Balaban J connectivity index is 2.34. The first-order valence-corrected chi connectivity index (χ1v) is 7.79. The number of rotatable bonds is 6. The van der Waals surface area contributed by atoms with Gasteiger partial charge in [-0.2, -0.15) is 0 Å². The minimum absolute atomic E-state index is 0.422. The molecule has 0 saturated carbocycles. The maximum absolute atomic E-state index is 11.5. The van der Waals surface area contributed by atoms with Crippen LogP contribution in [-0.2, 0) is 11.3 Å². The normalized spacial score (nSPS) is 11.7. The minimum atomic E-state index is -0.490. The second kappa shape index (κ2) is 9.66. The monoisotopic (exact) mass is 321 g/mol. The van der Waals surface area contributed by atoms with Crippen LogP contribution in [0.5, 0.6) is 0 Å². The molecule has 7 heteroatoms. The highest BCUT2D eigenvalue weighted by atomic mass is 16.6. The van der Waals surface area contributed by atoms with Gasteiger partial charge in [-0.15, -0.1) is 0 Å². The fraction of sp³-hybridized carbons (Fsp3) is 0.562. The summed E-state index contributed by atoms with van der Waals surface area (Å²) in [6, 6.07) is 5.74. The number of carbonyl (C=O) groups is 1. The zero-order valence-electron chi connectivity index (χ0n) is 14.3. The van der Waals surface area contributed by atoms with E-state index in [-0.39, 0.29) is 0 Å². The molecule has 0 bridgehead atoms. The van der Waals surface area contributed by atoms with E-state index >= 15 is 0 Å². The second-order valence-corrected chi connectivity index (χ2v) is 5.87. The maximum Gasteiger partial charge on any atom is 0.407 e. The zero-order valence-corrected chi connectivity index (χ0v) is 14.3. The second-order valence-electron chi connectivity index (χ2n) is 5.87. The van der Waals surface area contributed by atoms with Gasteiger partial charge in [0.2, 0.25) is 0 Å². The lowest BCUT2D eigenvalue weighted by atomic mass is 10.2. The number of aliphatic imine (C=N–C) groups is 1. The van der Waals surface area contributed by atoms with E-state index in [9.17, 15) is 4.79 Å². The van der Waals surface area contributed by atoms with Gasteiger partial charge in [0, 0.05) is 25.8 Å². The molecule has 0 saturated heterocycles. The summed E-state index contributed by atoms with van der Waals surface area (Å²) in [5.74, 6) is 0.684. The van der Waals surface area contributed by atoms with Crippen LogP contribution in [-0.4, -0.2) is 42.3 Å². The highest BCUT2D eigenvalue weighted by Gasteiger charge is 2.15. The first kappa shape index (κ1) is 18.7. The van der Waals surface area contributed by atoms with Crippen LogP contribution in [0.4, 0.5) is 4.79 Å². The average Bonchev–Trinajstić information content (AvgIpc) is 2.48. The van der Waals surface area contributed by atoms with Crippen LogP contribution in [0.15, 0.2) is 29.4 Å². The highest BCUT2D eigenvalue weighted by Crippen LogP contribution is 2.05. The molecule has 0 aliphatic heterocycles. The van der Waals surface area contributed by atoms with Crippen LogP contribution < -0.4 is 16.0 Å². The van der Waals surface area contributed by atoms with E-state index in [2.05, 4.69) is 25.9 Å². The molecular weight excluding hydrogens is 294 g/mol. The first-order chi connectivity index (χ1) is 10.9.